The highest BCUT2D eigenvalue weighted by molar-refractivity contribution is 5.96. The lowest BCUT2D eigenvalue weighted by Gasteiger charge is -2.42. The van der Waals surface area contributed by atoms with Gasteiger partial charge in [0, 0.05) is 5.57 Å². The van der Waals surface area contributed by atoms with Gasteiger partial charge in [-0.2, -0.15) is 0 Å². The first-order valence-electron chi connectivity index (χ1n) is 7.31. The first-order chi connectivity index (χ1) is 10.2. The van der Waals surface area contributed by atoms with Crippen LogP contribution in [0.15, 0.2) is 35.1 Å². The Bertz CT molecular complexity index is 609. The molecule has 1 saturated heterocycles. The van der Waals surface area contributed by atoms with E-state index in [2.05, 4.69) is 6.58 Å². The Morgan fingerprint density at radius 2 is 2.00 bits per heavy atom. The van der Waals surface area contributed by atoms with Crippen LogP contribution in [0.3, 0.4) is 0 Å². The molecule has 2 rings (SSSR count). The summed E-state index contributed by atoms with van der Waals surface area (Å²) < 4.78 is 10.9. The maximum absolute atomic E-state index is 12.1. The number of rotatable bonds is 4. The van der Waals surface area contributed by atoms with Gasteiger partial charge in [0.15, 0.2) is 0 Å². The molecular formula is C17H22O5. The second kappa shape index (κ2) is 5.30. The highest BCUT2D eigenvalue weighted by Gasteiger charge is 2.63. The molecule has 2 heterocycles. The monoisotopic (exact) mass is 306 g/mol. The Hall–Kier alpha value is -2.04. The molecular weight excluding hydrogens is 284 g/mol. The molecule has 0 aromatic rings. The minimum Gasteiger partial charge on any atom is -0.512 e. The summed E-state index contributed by atoms with van der Waals surface area (Å²) in [5, 5.41) is 9.98. The van der Waals surface area contributed by atoms with Crippen molar-refractivity contribution in [3.8, 4) is 0 Å². The molecule has 1 fully saturated rings. The summed E-state index contributed by atoms with van der Waals surface area (Å²) in [6, 6.07) is 0. The number of ether oxygens (including phenoxy) is 2. The number of aliphatic hydroxyl groups excluding tert-OH is 1. The van der Waals surface area contributed by atoms with Crippen LogP contribution in [0.1, 0.15) is 40.5 Å². The third-order valence-corrected chi connectivity index (χ3v) is 4.94. The van der Waals surface area contributed by atoms with Gasteiger partial charge >= 0.3 is 11.9 Å². The Kier molecular flexibility index (Phi) is 3.94. The predicted octanol–water partition coefficient (Wildman–Crippen LogP) is 2.98. The third-order valence-electron chi connectivity index (χ3n) is 4.94. The number of cyclic esters (lactones) is 2. The number of carbonyl (C=O) groups is 2. The second-order valence-corrected chi connectivity index (χ2v) is 6.16. The van der Waals surface area contributed by atoms with Crippen molar-refractivity contribution in [3.05, 3.63) is 35.1 Å². The summed E-state index contributed by atoms with van der Waals surface area (Å²) in [4.78, 5) is 24.2. The maximum Gasteiger partial charge on any atom is 0.338 e. The smallest absolute Gasteiger partial charge is 0.338 e. The average molecular weight is 306 g/mol. The summed E-state index contributed by atoms with van der Waals surface area (Å²) >= 11 is 0. The summed E-state index contributed by atoms with van der Waals surface area (Å²) in [6.07, 6.45) is 2.83. The number of hydrogen-bond acceptors (Lipinski definition) is 5. The number of carbonyl (C=O) groups excluding carboxylic acids is 2. The van der Waals surface area contributed by atoms with E-state index in [4.69, 9.17) is 9.47 Å². The lowest BCUT2D eigenvalue weighted by molar-refractivity contribution is -0.157. The molecule has 0 aromatic carbocycles. The summed E-state index contributed by atoms with van der Waals surface area (Å²) in [6.45, 7) is 10.6. The van der Waals surface area contributed by atoms with Crippen molar-refractivity contribution in [3.63, 3.8) is 0 Å². The largest absolute Gasteiger partial charge is 0.512 e. The van der Waals surface area contributed by atoms with Gasteiger partial charge in [0.1, 0.15) is 18.0 Å². The van der Waals surface area contributed by atoms with Gasteiger partial charge in [0.05, 0.1) is 11.0 Å². The highest BCUT2D eigenvalue weighted by atomic mass is 16.6. The number of allylic oxidation sites excluding steroid dienone is 2. The topological polar surface area (TPSA) is 72.8 Å². The molecule has 0 spiro atoms. The van der Waals surface area contributed by atoms with Crippen LogP contribution in [0.5, 0.6) is 0 Å². The van der Waals surface area contributed by atoms with E-state index in [1.165, 1.54) is 6.92 Å². The van der Waals surface area contributed by atoms with Crippen LogP contribution in [0.2, 0.25) is 0 Å². The van der Waals surface area contributed by atoms with Crippen molar-refractivity contribution < 1.29 is 24.2 Å². The summed E-state index contributed by atoms with van der Waals surface area (Å²) in [7, 11) is 0. The standard InChI is InChI=1S/C17H22O5/c1-6-7-8-17(11(3)10(2)14(19)22-17)16(5)9-21-15(20)13(16)12(4)18/h6,18H,1,7-9H2,2-5H3/b13-12+/t16-,17?/m1/s1. The van der Waals surface area contributed by atoms with Crippen LogP contribution in [-0.2, 0) is 19.1 Å². The normalized spacial score (nSPS) is 33.8. The first kappa shape index (κ1) is 16.3. The molecule has 5 nitrogen and oxygen atoms in total. The van der Waals surface area contributed by atoms with Crippen LogP contribution in [0.25, 0.3) is 0 Å². The summed E-state index contributed by atoms with van der Waals surface area (Å²) in [5.74, 6) is -1.05. The summed E-state index contributed by atoms with van der Waals surface area (Å²) in [5.41, 5.74) is -0.436. The van der Waals surface area contributed by atoms with Crippen molar-refractivity contribution in [2.75, 3.05) is 6.61 Å². The van der Waals surface area contributed by atoms with Gasteiger partial charge in [0.2, 0.25) is 0 Å². The number of esters is 2. The van der Waals surface area contributed by atoms with Gasteiger partial charge in [-0.15, -0.1) is 6.58 Å². The van der Waals surface area contributed by atoms with Gasteiger partial charge < -0.3 is 14.6 Å². The third kappa shape index (κ3) is 1.99. The molecule has 0 bridgehead atoms. The SMILES string of the molecule is C=CCCC1([C@]2(C)COC(=O)/C2=C(/C)O)OC(=O)C(C)=C1C. The molecule has 2 aliphatic rings. The molecule has 0 radical (unpaired) electrons. The Morgan fingerprint density at radius 1 is 1.36 bits per heavy atom. The minimum atomic E-state index is -1.01. The molecule has 0 amide bonds. The molecule has 1 unspecified atom stereocenters. The van der Waals surface area contributed by atoms with E-state index >= 15 is 0 Å². The van der Waals surface area contributed by atoms with E-state index in [1.807, 2.05) is 6.92 Å². The highest BCUT2D eigenvalue weighted by Crippen LogP contribution is 2.55. The van der Waals surface area contributed by atoms with E-state index in [0.29, 0.717) is 18.4 Å². The maximum atomic E-state index is 12.1. The van der Waals surface area contributed by atoms with Crippen molar-refractivity contribution in [2.24, 2.45) is 5.41 Å². The quantitative estimate of drug-likeness (QED) is 0.374. The molecule has 5 heteroatoms. The fourth-order valence-corrected chi connectivity index (χ4v) is 3.56. The Morgan fingerprint density at radius 3 is 2.45 bits per heavy atom. The molecule has 1 N–H and O–H groups in total. The van der Waals surface area contributed by atoms with E-state index in [-0.39, 0.29) is 17.9 Å². The first-order valence-corrected chi connectivity index (χ1v) is 7.31. The van der Waals surface area contributed by atoms with Gasteiger partial charge in [-0.05, 0) is 46.1 Å². The molecule has 0 saturated carbocycles. The zero-order valence-electron chi connectivity index (χ0n) is 13.5. The van der Waals surface area contributed by atoms with E-state index < -0.39 is 23.0 Å². The molecule has 2 aliphatic heterocycles. The Balaban J connectivity index is 2.66. The van der Waals surface area contributed by atoms with Gasteiger partial charge in [0.25, 0.3) is 0 Å². The minimum absolute atomic E-state index is 0.0636. The number of aliphatic hydroxyl groups is 1. The predicted molar refractivity (Wildman–Crippen MR) is 81.0 cm³/mol. The van der Waals surface area contributed by atoms with Gasteiger partial charge in [-0.25, -0.2) is 9.59 Å². The molecule has 22 heavy (non-hydrogen) atoms. The molecule has 0 aliphatic carbocycles. The van der Waals surface area contributed by atoms with Crippen molar-refractivity contribution >= 4 is 11.9 Å². The van der Waals surface area contributed by atoms with E-state index in [1.54, 1.807) is 19.9 Å². The van der Waals surface area contributed by atoms with Crippen LogP contribution in [0.4, 0.5) is 0 Å². The molecule has 2 atom stereocenters. The molecule has 0 aromatic heterocycles. The van der Waals surface area contributed by atoms with E-state index in [0.717, 1.165) is 5.57 Å². The lowest BCUT2D eigenvalue weighted by Crippen LogP contribution is -2.50. The van der Waals surface area contributed by atoms with Crippen molar-refractivity contribution in [1.82, 2.24) is 0 Å². The fourth-order valence-electron chi connectivity index (χ4n) is 3.56. The zero-order chi connectivity index (χ0) is 16.7. The average Bonchev–Trinajstić information content (AvgIpc) is 2.88. The second-order valence-electron chi connectivity index (χ2n) is 6.16. The van der Waals surface area contributed by atoms with Crippen LogP contribution < -0.4 is 0 Å². The van der Waals surface area contributed by atoms with Gasteiger partial charge in [-0.1, -0.05) is 6.08 Å². The van der Waals surface area contributed by atoms with Crippen molar-refractivity contribution in [1.29, 1.82) is 0 Å². The van der Waals surface area contributed by atoms with Crippen LogP contribution in [-0.4, -0.2) is 29.3 Å². The lowest BCUT2D eigenvalue weighted by atomic mass is 9.64. The zero-order valence-corrected chi connectivity index (χ0v) is 13.5. The van der Waals surface area contributed by atoms with E-state index in [9.17, 15) is 14.7 Å². The van der Waals surface area contributed by atoms with Crippen LogP contribution in [0, 0.1) is 5.41 Å². The number of hydrogen-bond donors (Lipinski definition) is 1. The fraction of sp³-hybridized carbons (Fsp3) is 0.529. The van der Waals surface area contributed by atoms with Crippen molar-refractivity contribution in [2.45, 2.75) is 46.1 Å². The van der Waals surface area contributed by atoms with Crippen LogP contribution >= 0.6 is 0 Å². The van der Waals surface area contributed by atoms with Gasteiger partial charge in [-0.3, -0.25) is 0 Å². The Labute approximate surface area is 130 Å². The molecule has 120 valence electrons.